The Bertz CT molecular complexity index is 444. The Labute approximate surface area is 104 Å². The smallest absolute Gasteiger partial charge is 0.154 e. The van der Waals surface area contributed by atoms with E-state index in [-0.39, 0.29) is 5.60 Å². The van der Waals surface area contributed by atoms with Gasteiger partial charge in [0, 0.05) is 10.6 Å². The van der Waals surface area contributed by atoms with E-state index in [0.29, 0.717) is 22.4 Å². The predicted molar refractivity (Wildman–Crippen MR) is 66.2 cm³/mol. The van der Waals surface area contributed by atoms with Crippen molar-refractivity contribution in [1.82, 2.24) is 5.48 Å². The molecule has 0 amide bonds. The van der Waals surface area contributed by atoms with E-state index in [1.807, 2.05) is 19.9 Å². The molecule has 16 heavy (non-hydrogen) atoms. The average molecular weight is 259 g/mol. The molecule has 0 fully saturated rings. The third-order valence-corrected chi connectivity index (χ3v) is 2.78. The number of nitrogens with one attached hydrogen (secondary N) is 1. The highest BCUT2D eigenvalue weighted by Crippen LogP contribution is 2.23. The topological polar surface area (TPSA) is 33.6 Å². The summed E-state index contributed by atoms with van der Waals surface area (Å²) in [4.78, 5) is 9.84. The predicted octanol–water partition coefficient (Wildman–Crippen LogP) is 3.05. The number of aliphatic imine (C=N–C) groups is 1. The summed E-state index contributed by atoms with van der Waals surface area (Å²) >= 11 is 11.9. The zero-order valence-corrected chi connectivity index (χ0v) is 10.6. The highest BCUT2D eigenvalue weighted by molar-refractivity contribution is 6.36. The van der Waals surface area contributed by atoms with Crippen LogP contribution in [0.3, 0.4) is 0 Å². The molecule has 1 aromatic carbocycles. The molecule has 1 aromatic rings. The normalized spacial score (nSPS) is 18.9. The molecular weight excluding hydrogens is 247 g/mol. The third kappa shape index (κ3) is 2.48. The second-order valence-corrected chi connectivity index (χ2v) is 5.10. The first-order chi connectivity index (χ1) is 7.48. The molecule has 3 nitrogen and oxygen atoms in total. The molecule has 0 bridgehead atoms. The minimum Gasteiger partial charge on any atom is -0.267 e. The van der Waals surface area contributed by atoms with E-state index in [1.54, 1.807) is 12.1 Å². The van der Waals surface area contributed by atoms with Crippen LogP contribution in [0.2, 0.25) is 10.0 Å². The minimum atomic E-state index is -0.289. The van der Waals surface area contributed by atoms with Crippen molar-refractivity contribution >= 4 is 29.0 Å². The fourth-order valence-corrected chi connectivity index (χ4v) is 1.84. The van der Waals surface area contributed by atoms with Gasteiger partial charge in [-0.05, 0) is 32.0 Å². The number of rotatable bonds is 1. The van der Waals surface area contributed by atoms with Crippen LogP contribution in [0, 0.1) is 0 Å². The average Bonchev–Trinajstić information content (AvgIpc) is 2.19. The highest BCUT2D eigenvalue weighted by Gasteiger charge is 2.25. The van der Waals surface area contributed by atoms with Crippen molar-refractivity contribution in [3.63, 3.8) is 0 Å². The summed E-state index contributed by atoms with van der Waals surface area (Å²) < 4.78 is 0. The van der Waals surface area contributed by atoms with E-state index in [4.69, 9.17) is 28.0 Å². The Kier molecular flexibility index (Phi) is 3.10. The van der Waals surface area contributed by atoms with Crippen molar-refractivity contribution in [3.8, 4) is 0 Å². The van der Waals surface area contributed by atoms with E-state index in [9.17, 15) is 0 Å². The van der Waals surface area contributed by atoms with Crippen LogP contribution in [0.15, 0.2) is 23.2 Å². The molecule has 0 saturated heterocycles. The van der Waals surface area contributed by atoms with Gasteiger partial charge < -0.3 is 0 Å². The summed E-state index contributed by atoms with van der Waals surface area (Å²) in [5.74, 6) is 0.640. The molecule has 0 aromatic heterocycles. The number of benzene rings is 1. The molecule has 0 spiro atoms. The summed E-state index contributed by atoms with van der Waals surface area (Å²) in [5.41, 5.74) is 3.31. The van der Waals surface area contributed by atoms with Crippen LogP contribution in [0.5, 0.6) is 0 Å². The van der Waals surface area contributed by atoms with Gasteiger partial charge in [0.25, 0.3) is 0 Å². The van der Waals surface area contributed by atoms with Crippen LogP contribution < -0.4 is 5.48 Å². The first-order valence-corrected chi connectivity index (χ1v) is 5.67. The molecule has 0 saturated carbocycles. The van der Waals surface area contributed by atoms with Crippen LogP contribution >= 0.6 is 23.2 Å². The number of hydrogen-bond acceptors (Lipinski definition) is 3. The maximum atomic E-state index is 6.07. The van der Waals surface area contributed by atoms with Crippen LogP contribution in [0.25, 0.3) is 0 Å². The SMILES string of the molecule is CC1(C)CN=C(c2ccc(Cl)cc2Cl)NO1. The largest absolute Gasteiger partial charge is 0.267 e. The Morgan fingerprint density at radius 3 is 2.69 bits per heavy atom. The summed E-state index contributed by atoms with van der Waals surface area (Å²) in [7, 11) is 0. The van der Waals surface area contributed by atoms with Gasteiger partial charge >= 0.3 is 0 Å². The van der Waals surface area contributed by atoms with Crippen molar-refractivity contribution in [3.05, 3.63) is 33.8 Å². The van der Waals surface area contributed by atoms with Gasteiger partial charge in [-0.25, -0.2) is 5.48 Å². The molecule has 1 aliphatic rings. The van der Waals surface area contributed by atoms with Crippen LogP contribution in [0.1, 0.15) is 19.4 Å². The molecule has 1 N–H and O–H groups in total. The third-order valence-electron chi connectivity index (χ3n) is 2.23. The summed E-state index contributed by atoms with van der Waals surface area (Å²) in [6, 6.07) is 5.27. The van der Waals surface area contributed by atoms with E-state index in [0.717, 1.165) is 5.56 Å². The van der Waals surface area contributed by atoms with E-state index in [1.165, 1.54) is 0 Å². The molecule has 0 unspecified atom stereocenters. The van der Waals surface area contributed by atoms with Gasteiger partial charge in [0.1, 0.15) is 5.60 Å². The highest BCUT2D eigenvalue weighted by atomic mass is 35.5. The molecule has 5 heteroatoms. The lowest BCUT2D eigenvalue weighted by Crippen LogP contribution is -2.43. The van der Waals surface area contributed by atoms with E-state index < -0.39 is 0 Å². The monoisotopic (exact) mass is 258 g/mol. The maximum absolute atomic E-state index is 6.07. The minimum absolute atomic E-state index is 0.289. The molecule has 0 atom stereocenters. The van der Waals surface area contributed by atoms with Crippen molar-refractivity contribution in [2.75, 3.05) is 6.54 Å². The first-order valence-electron chi connectivity index (χ1n) is 4.92. The molecule has 0 aliphatic carbocycles. The first kappa shape index (κ1) is 11.7. The van der Waals surface area contributed by atoms with Gasteiger partial charge in [-0.1, -0.05) is 23.2 Å². The summed E-state index contributed by atoms with van der Waals surface area (Å²) in [5, 5.41) is 1.16. The second kappa shape index (κ2) is 4.24. The number of nitrogens with zero attached hydrogens (tertiary/aromatic N) is 1. The molecule has 1 aliphatic heterocycles. The van der Waals surface area contributed by atoms with Gasteiger partial charge in [-0.2, -0.15) is 0 Å². The van der Waals surface area contributed by atoms with Crippen LogP contribution in [-0.2, 0) is 4.84 Å². The lowest BCUT2D eigenvalue weighted by Gasteiger charge is -2.28. The van der Waals surface area contributed by atoms with Gasteiger partial charge in [0.15, 0.2) is 5.84 Å². The molecule has 0 radical (unpaired) electrons. The van der Waals surface area contributed by atoms with Gasteiger partial charge in [0.2, 0.25) is 0 Å². The Morgan fingerprint density at radius 2 is 2.12 bits per heavy atom. The lowest BCUT2D eigenvalue weighted by molar-refractivity contribution is -0.0571. The van der Waals surface area contributed by atoms with Gasteiger partial charge in [-0.3, -0.25) is 9.83 Å². The molecule has 2 rings (SSSR count). The Balaban J connectivity index is 2.29. The fourth-order valence-electron chi connectivity index (χ4n) is 1.34. The van der Waals surface area contributed by atoms with Crippen molar-refractivity contribution < 1.29 is 4.84 Å². The fraction of sp³-hybridized carbons (Fsp3) is 0.364. The molecule has 86 valence electrons. The number of halogens is 2. The van der Waals surface area contributed by atoms with Crippen molar-refractivity contribution in [2.24, 2.45) is 4.99 Å². The molecular formula is C11H12Cl2N2O. The van der Waals surface area contributed by atoms with Crippen molar-refractivity contribution in [2.45, 2.75) is 19.4 Å². The standard InChI is InChI=1S/C11H12Cl2N2O/c1-11(2)6-14-10(15-16-11)8-4-3-7(12)5-9(8)13/h3-5H,6H2,1-2H3,(H,14,15). The maximum Gasteiger partial charge on any atom is 0.154 e. The Morgan fingerprint density at radius 1 is 1.38 bits per heavy atom. The van der Waals surface area contributed by atoms with Crippen LogP contribution in [-0.4, -0.2) is 18.0 Å². The van der Waals surface area contributed by atoms with E-state index >= 15 is 0 Å². The number of hydrogen-bond donors (Lipinski definition) is 1. The zero-order valence-electron chi connectivity index (χ0n) is 9.05. The number of hydroxylamine groups is 1. The van der Waals surface area contributed by atoms with E-state index in [2.05, 4.69) is 10.5 Å². The lowest BCUT2D eigenvalue weighted by atomic mass is 10.1. The zero-order chi connectivity index (χ0) is 11.8. The van der Waals surface area contributed by atoms with Crippen LogP contribution in [0.4, 0.5) is 0 Å². The second-order valence-electron chi connectivity index (χ2n) is 4.25. The molecule has 1 heterocycles. The summed E-state index contributed by atoms with van der Waals surface area (Å²) in [6.07, 6.45) is 0. The number of amidine groups is 1. The summed E-state index contributed by atoms with van der Waals surface area (Å²) in [6.45, 7) is 4.52. The quantitative estimate of drug-likeness (QED) is 0.840. The van der Waals surface area contributed by atoms with Crippen molar-refractivity contribution in [1.29, 1.82) is 0 Å². The van der Waals surface area contributed by atoms with Gasteiger partial charge in [0.05, 0.1) is 11.6 Å². The Hall–Kier alpha value is -0.770. The van der Waals surface area contributed by atoms with Gasteiger partial charge in [-0.15, -0.1) is 0 Å².